The van der Waals surface area contributed by atoms with E-state index in [1.807, 2.05) is 13.1 Å². The van der Waals surface area contributed by atoms with Gasteiger partial charge in [0.15, 0.2) is 0 Å². The predicted molar refractivity (Wildman–Crippen MR) is 117 cm³/mol. The van der Waals surface area contributed by atoms with E-state index in [4.69, 9.17) is 0 Å². The van der Waals surface area contributed by atoms with Crippen molar-refractivity contribution < 1.29 is 12.8 Å². The number of halogens is 1. The Bertz CT molecular complexity index is 1040. The Labute approximate surface area is 178 Å². The first kappa shape index (κ1) is 20.2. The van der Waals surface area contributed by atoms with E-state index < -0.39 is 10.0 Å². The van der Waals surface area contributed by atoms with Gasteiger partial charge in [-0.2, -0.15) is 0 Å². The van der Waals surface area contributed by atoms with Gasteiger partial charge in [0, 0.05) is 31.0 Å². The van der Waals surface area contributed by atoms with Gasteiger partial charge in [0.25, 0.3) is 0 Å². The number of sulfonamides is 1. The number of hydrogen-bond acceptors (Lipinski definition) is 3. The minimum atomic E-state index is -3.09. The molecule has 0 amide bonds. The molecule has 2 unspecified atom stereocenters. The highest BCUT2D eigenvalue weighted by Crippen LogP contribution is 2.40. The van der Waals surface area contributed by atoms with E-state index >= 15 is 0 Å². The van der Waals surface area contributed by atoms with Crippen LogP contribution in [0.3, 0.4) is 0 Å². The minimum Gasteiger partial charge on any atom is -0.316 e. The van der Waals surface area contributed by atoms with Crippen LogP contribution in [0.1, 0.15) is 46.9 Å². The Morgan fingerprint density at radius 2 is 1.93 bits per heavy atom. The third-order valence-corrected chi connectivity index (χ3v) is 9.04. The highest BCUT2D eigenvalue weighted by molar-refractivity contribution is 7.89. The first-order valence-corrected chi connectivity index (χ1v) is 12.6. The van der Waals surface area contributed by atoms with Crippen LogP contribution >= 0.6 is 0 Å². The standard InChI is InChI=1S/C24H29FN2O2S/c1-26-24-12-19-8-7-18(20-13-27(14-20)30(28,29)15-16-5-6-16)11-22(19)23(24)10-17-3-2-4-21(25)9-17/h2-4,7-9,11,16,20,23-24,26H,5-6,10,12-15H2,1H3. The summed E-state index contributed by atoms with van der Waals surface area (Å²) in [6.07, 6.45) is 3.88. The molecular formula is C24H29FN2O2S. The number of hydrogen-bond donors (Lipinski definition) is 1. The van der Waals surface area contributed by atoms with E-state index in [2.05, 4.69) is 23.5 Å². The van der Waals surface area contributed by atoms with E-state index in [9.17, 15) is 12.8 Å². The SMILES string of the molecule is CNC1Cc2ccc(C3CN(S(=O)(=O)CC4CC4)C3)cc2C1Cc1cccc(F)c1. The second kappa shape index (κ2) is 7.74. The van der Waals surface area contributed by atoms with Crippen molar-refractivity contribution in [3.05, 3.63) is 70.5 Å². The maximum atomic E-state index is 13.7. The van der Waals surface area contributed by atoms with Crippen LogP contribution in [0.25, 0.3) is 0 Å². The highest BCUT2D eigenvalue weighted by atomic mass is 32.2. The topological polar surface area (TPSA) is 49.4 Å². The summed E-state index contributed by atoms with van der Waals surface area (Å²) >= 11 is 0. The molecule has 1 heterocycles. The summed E-state index contributed by atoms with van der Waals surface area (Å²) in [5.41, 5.74) is 4.92. The molecular weight excluding hydrogens is 399 g/mol. The molecule has 1 saturated carbocycles. The van der Waals surface area contributed by atoms with E-state index in [0.29, 0.717) is 36.7 Å². The molecule has 4 nitrogen and oxygen atoms in total. The lowest BCUT2D eigenvalue weighted by Gasteiger charge is -2.38. The van der Waals surface area contributed by atoms with Crippen molar-refractivity contribution >= 4 is 10.0 Å². The Balaban J connectivity index is 1.33. The third-order valence-electron chi connectivity index (χ3n) is 7.07. The summed E-state index contributed by atoms with van der Waals surface area (Å²) < 4.78 is 40.3. The number of fused-ring (bicyclic) bond motifs is 1. The van der Waals surface area contributed by atoms with Crippen LogP contribution in [-0.2, 0) is 22.9 Å². The van der Waals surface area contributed by atoms with Crippen LogP contribution in [0, 0.1) is 11.7 Å². The van der Waals surface area contributed by atoms with Gasteiger partial charge in [-0.25, -0.2) is 17.1 Å². The summed E-state index contributed by atoms with van der Waals surface area (Å²) in [4.78, 5) is 0. The molecule has 2 fully saturated rings. The van der Waals surface area contributed by atoms with Gasteiger partial charge in [0.2, 0.25) is 10.0 Å². The summed E-state index contributed by atoms with van der Waals surface area (Å²) in [6.45, 7) is 1.19. The molecule has 1 aliphatic heterocycles. The molecule has 2 aliphatic carbocycles. The Kier molecular flexibility index (Phi) is 5.20. The molecule has 0 radical (unpaired) electrons. The quantitative estimate of drug-likeness (QED) is 0.735. The summed E-state index contributed by atoms with van der Waals surface area (Å²) in [5, 5.41) is 3.44. The summed E-state index contributed by atoms with van der Waals surface area (Å²) in [5.74, 6) is 1.08. The van der Waals surface area contributed by atoms with Crippen molar-refractivity contribution in [1.82, 2.24) is 9.62 Å². The Morgan fingerprint density at radius 1 is 1.13 bits per heavy atom. The maximum Gasteiger partial charge on any atom is 0.214 e. The van der Waals surface area contributed by atoms with Crippen molar-refractivity contribution in [2.24, 2.45) is 5.92 Å². The van der Waals surface area contributed by atoms with Gasteiger partial charge < -0.3 is 5.32 Å². The molecule has 2 aromatic carbocycles. The fourth-order valence-corrected chi connectivity index (χ4v) is 6.99. The number of benzene rings is 2. The number of nitrogens with zero attached hydrogens (tertiary/aromatic N) is 1. The van der Waals surface area contributed by atoms with E-state index in [1.165, 1.54) is 22.8 Å². The fraction of sp³-hybridized carbons (Fsp3) is 0.500. The lowest BCUT2D eigenvalue weighted by atomic mass is 9.87. The average molecular weight is 429 g/mol. The number of nitrogens with one attached hydrogen (secondary N) is 1. The molecule has 2 atom stereocenters. The molecule has 1 saturated heterocycles. The molecule has 2 aromatic rings. The first-order valence-electron chi connectivity index (χ1n) is 10.9. The van der Waals surface area contributed by atoms with Crippen LogP contribution in [0.4, 0.5) is 4.39 Å². The second-order valence-electron chi connectivity index (χ2n) is 9.23. The van der Waals surface area contributed by atoms with Crippen LogP contribution in [0.2, 0.25) is 0 Å². The number of rotatable bonds is 7. The van der Waals surface area contributed by atoms with Gasteiger partial charge >= 0.3 is 0 Å². The Morgan fingerprint density at radius 3 is 2.63 bits per heavy atom. The van der Waals surface area contributed by atoms with Gasteiger partial charge in [-0.3, -0.25) is 0 Å². The van der Waals surface area contributed by atoms with Gasteiger partial charge in [0.05, 0.1) is 5.75 Å². The third kappa shape index (κ3) is 3.93. The fourth-order valence-electron chi connectivity index (χ4n) is 5.03. The van der Waals surface area contributed by atoms with Crippen molar-refractivity contribution in [1.29, 1.82) is 0 Å². The molecule has 1 N–H and O–H groups in total. The van der Waals surface area contributed by atoms with Crippen LogP contribution in [0.5, 0.6) is 0 Å². The molecule has 6 heteroatoms. The van der Waals surface area contributed by atoms with Gasteiger partial charge in [-0.05, 0) is 73.0 Å². The highest BCUT2D eigenvalue weighted by Gasteiger charge is 2.40. The average Bonchev–Trinajstić information content (AvgIpc) is 3.40. The summed E-state index contributed by atoms with van der Waals surface area (Å²) in [6, 6.07) is 13.9. The molecule has 5 rings (SSSR count). The van der Waals surface area contributed by atoms with E-state index in [0.717, 1.165) is 31.2 Å². The maximum absolute atomic E-state index is 13.7. The predicted octanol–water partition coefficient (Wildman–Crippen LogP) is 3.44. The lowest BCUT2D eigenvalue weighted by molar-refractivity contribution is 0.263. The molecule has 0 spiro atoms. The normalized spacial score (nSPS) is 24.6. The smallest absolute Gasteiger partial charge is 0.214 e. The molecule has 3 aliphatic rings. The van der Waals surface area contributed by atoms with E-state index in [-0.39, 0.29) is 11.7 Å². The zero-order valence-electron chi connectivity index (χ0n) is 17.4. The largest absolute Gasteiger partial charge is 0.316 e. The van der Waals surface area contributed by atoms with Crippen LogP contribution < -0.4 is 5.32 Å². The van der Waals surface area contributed by atoms with Crippen molar-refractivity contribution in [3.8, 4) is 0 Å². The molecule has 0 bridgehead atoms. The van der Waals surface area contributed by atoms with Gasteiger partial charge in [0.1, 0.15) is 5.82 Å². The minimum absolute atomic E-state index is 0.192. The van der Waals surface area contributed by atoms with Crippen molar-refractivity contribution in [2.45, 2.75) is 43.6 Å². The summed E-state index contributed by atoms with van der Waals surface area (Å²) in [7, 11) is -1.10. The van der Waals surface area contributed by atoms with Crippen LogP contribution in [-0.4, -0.2) is 44.7 Å². The second-order valence-corrected chi connectivity index (χ2v) is 11.2. The molecule has 160 valence electrons. The van der Waals surface area contributed by atoms with Crippen LogP contribution in [0.15, 0.2) is 42.5 Å². The molecule has 0 aromatic heterocycles. The lowest BCUT2D eigenvalue weighted by Crippen LogP contribution is -2.49. The Hall–Kier alpha value is -1.76. The first-order chi connectivity index (χ1) is 14.4. The van der Waals surface area contributed by atoms with Gasteiger partial charge in [-0.1, -0.05) is 30.3 Å². The zero-order valence-corrected chi connectivity index (χ0v) is 18.2. The number of likely N-dealkylation sites (N-methyl/N-ethyl adjacent to an activating group) is 1. The van der Waals surface area contributed by atoms with E-state index in [1.54, 1.807) is 16.4 Å². The van der Waals surface area contributed by atoms with Crippen molar-refractivity contribution in [3.63, 3.8) is 0 Å². The van der Waals surface area contributed by atoms with Crippen molar-refractivity contribution in [2.75, 3.05) is 25.9 Å². The van der Waals surface area contributed by atoms with Gasteiger partial charge in [-0.15, -0.1) is 0 Å². The molecule has 30 heavy (non-hydrogen) atoms. The zero-order chi connectivity index (χ0) is 20.9. The monoisotopic (exact) mass is 428 g/mol.